The normalized spacial score (nSPS) is 20.6. The molecule has 1 aromatic rings. The van der Waals surface area contributed by atoms with Gasteiger partial charge in [0.25, 0.3) is 0 Å². The Morgan fingerprint density at radius 2 is 1.06 bits per heavy atom. The molecule has 10 atom stereocenters. The predicted octanol–water partition coefficient (Wildman–Crippen LogP) is 6.86. The third-order valence-electron chi connectivity index (χ3n) is 18.9. The maximum Gasteiger partial charge on any atom is 0.507 e. The summed E-state index contributed by atoms with van der Waals surface area (Å²) in [7, 11) is -12.2. The van der Waals surface area contributed by atoms with Gasteiger partial charge in [-0.15, -0.1) is 0 Å². The minimum absolute atomic E-state index is 0.00136. The van der Waals surface area contributed by atoms with Crippen molar-refractivity contribution in [1.82, 2.24) is 20.4 Å². The van der Waals surface area contributed by atoms with Gasteiger partial charge in [-0.1, -0.05) is 30.3 Å². The van der Waals surface area contributed by atoms with E-state index in [-0.39, 0.29) is 108 Å². The molecule has 0 aliphatic heterocycles. The fourth-order valence-corrected chi connectivity index (χ4v) is 37.3. The standard InChI is InChI=1S/C72H142N6O20Si5/c1-17-91-69(82)45-67(71(84)93-19-3)77(9)62-32-28-60(29-33-62)44-61-30-34-63(35-31-61)78(68(72(85)94-20-4)46-70(83)92-18-2)48-65(81)54-88-39-24-40-99(11,12)95-101(15,16)97-103(66-26-22-21-23-27-66,98-102(43-37-79,55-86-10)42-36-75-58(7)51-89-49-56(5)73)96-100(13,14)41-25-38-87-53-64(80)47-76-59(8)52-90-50-57(6)74/h21-23,26-27,56-65,67-68,75-76,79-81H,17-20,24-25,28-55,73-74H2,1-16H3. The van der Waals surface area contributed by atoms with Crippen molar-refractivity contribution in [1.29, 1.82) is 0 Å². The fraction of sp³-hybridized carbons (Fsp3) is 0.861. The molecule has 103 heavy (non-hydrogen) atoms. The first-order valence-corrected chi connectivity index (χ1v) is 51.8. The van der Waals surface area contributed by atoms with Crippen molar-refractivity contribution in [2.45, 2.75) is 263 Å². The van der Waals surface area contributed by atoms with E-state index < -0.39 is 90.5 Å². The Balaban J connectivity index is 1.81. The van der Waals surface area contributed by atoms with Gasteiger partial charge >= 0.3 is 41.2 Å². The Hall–Kier alpha value is -2.54. The van der Waals surface area contributed by atoms with Crippen LogP contribution in [-0.4, -0.2) is 278 Å². The van der Waals surface area contributed by atoms with E-state index in [0.29, 0.717) is 102 Å². The van der Waals surface area contributed by atoms with Crippen LogP contribution in [0.15, 0.2) is 30.3 Å². The maximum absolute atomic E-state index is 13.9. The molecule has 2 saturated carbocycles. The number of carbonyl (C=O) groups is 4. The van der Waals surface area contributed by atoms with Crippen LogP contribution in [0.3, 0.4) is 0 Å². The van der Waals surface area contributed by atoms with E-state index in [1.54, 1.807) is 34.8 Å². The lowest BCUT2D eigenvalue weighted by Gasteiger charge is -2.47. The maximum atomic E-state index is 13.9. The van der Waals surface area contributed by atoms with E-state index in [2.05, 4.69) is 56.8 Å². The number of aliphatic hydroxyl groups excluding tert-OH is 3. The van der Waals surface area contributed by atoms with E-state index in [0.717, 1.165) is 63.0 Å². The van der Waals surface area contributed by atoms with Crippen molar-refractivity contribution < 1.29 is 93.6 Å². The lowest BCUT2D eigenvalue weighted by atomic mass is 9.75. The summed E-state index contributed by atoms with van der Waals surface area (Å²) in [5, 5.41) is 41.3. The van der Waals surface area contributed by atoms with Crippen LogP contribution in [0.5, 0.6) is 0 Å². The van der Waals surface area contributed by atoms with E-state index in [9.17, 15) is 34.5 Å². The zero-order valence-electron chi connectivity index (χ0n) is 66.2. The summed E-state index contributed by atoms with van der Waals surface area (Å²) >= 11 is 0. The van der Waals surface area contributed by atoms with Gasteiger partial charge in [-0.05, 0) is 215 Å². The number of likely N-dealkylation sites (N-methyl/N-ethyl adjacent to an activating group) is 1. The highest BCUT2D eigenvalue weighted by molar-refractivity contribution is 6.97. The summed E-state index contributed by atoms with van der Waals surface area (Å²) in [5.74, 6) is -0.881. The molecule has 3 rings (SSSR count). The fourth-order valence-electron chi connectivity index (χ4n) is 14.1. The number of rotatable bonds is 58. The van der Waals surface area contributed by atoms with Crippen molar-refractivity contribution in [3.63, 3.8) is 0 Å². The number of nitrogens with one attached hydrogen (secondary N) is 2. The number of nitrogens with zero attached hydrogens (tertiary/aromatic N) is 2. The molecule has 0 bridgehead atoms. The zero-order valence-corrected chi connectivity index (χ0v) is 71.2. The van der Waals surface area contributed by atoms with Gasteiger partial charge in [0.05, 0.1) is 97.3 Å². The van der Waals surface area contributed by atoms with Crippen molar-refractivity contribution >= 4 is 71.4 Å². The van der Waals surface area contributed by atoms with Crippen LogP contribution in [-0.2, 0) is 78.3 Å². The van der Waals surface area contributed by atoms with Crippen molar-refractivity contribution in [3.05, 3.63) is 30.3 Å². The molecule has 0 saturated heterocycles. The average molecular weight is 1550 g/mol. The highest BCUT2D eigenvalue weighted by atomic mass is 28.5. The Morgan fingerprint density at radius 1 is 0.573 bits per heavy atom. The van der Waals surface area contributed by atoms with E-state index in [1.807, 2.05) is 68.0 Å². The van der Waals surface area contributed by atoms with Gasteiger partial charge < -0.3 is 96.5 Å². The van der Waals surface area contributed by atoms with Gasteiger partial charge in [0.2, 0.25) is 8.32 Å². The van der Waals surface area contributed by atoms with Crippen LogP contribution in [0.2, 0.25) is 63.5 Å². The molecule has 10 unspecified atom stereocenters. The summed E-state index contributed by atoms with van der Waals surface area (Å²) in [4.78, 5) is 56.7. The molecule has 0 aromatic heterocycles. The lowest BCUT2D eigenvalue weighted by Crippen LogP contribution is -2.71. The third kappa shape index (κ3) is 38.1. The number of hydrogen-bond acceptors (Lipinski definition) is 26. The molecule has 2 aliphatic carbocycles. The molecule has 2 fully saturated rings. The monoisotopic (exact) mass is 1550 g/mol. The number of nitrogens with two attached hydrogens (primary N) is 2. The highest BCUT2D eigenvalue weighted by Gasteiger charge is 2.58. The summed E-state index contributed by atoms with van der Waals surface area (Å²) < 4.78 is 82.1. The smallest absolute Gasteiger partial charge is 0.466 e. The van der Waals surface area contributed by atoms with Crippen LogP contribution < -0.4 is 27.3 Å². The van der Waals surface area contributed by atoms with Gasteiger partial charge in [-0.3, -0.25) is 29.0 Å². The van der Waals surface area contributed by atoms with E-state index in [1.165, 1.54) is 0 Å². The number of esters is 4. The second-order valence-corrected chi connectivity index (χ2v) is 49.9. The van der Waals surface area contributed by atoms with Crippen LogP contribution in [0.1, 0.15) is 139 Å². The second-order valence-electron chi connectivity index (χ2n) is 30.4. The van der Waals surface area contributed by atoms with E-state index in [4.69, 9.17) is 70.6 Å². The first-order valence-electron chi connectivity index (χ1n) is 38.5. The van der Waals surface area contributed by atoms with Crippen LogP contribution in [0.4, 0.5) is 0 Å². The second kappa shape index (κ2) is 50.3. The summed E-state index contributed by atoms with van der Waals surface area (Å²) in [6.45, 7) is 32.1. The first kappa shape index (κ1) is 94.7. The molecule has 31 heteroatoms. The SMILES string of the molecule is CCOC(=O)CC(C(=O)OCC)N(C)C1CCC(CC2CCC(N(CC(O)COCCC[Si](C)(C)O[Si](C)(C)O[Si](O[Si](C)(C)CCCOCC(O)CNC(C)COCC(C)N)(O[Si](CCO)(CCNC(C)COCC(C)N)COC)c3ccccc3)C(CC(=O)OCC)C(=O)OCC)CC2)CC1. The molecule has 2 aliphatic rings. The third-order valence-corrected chi connectivity index (χ3v) is 39.5. The number of benzene rings is 1. The molecule has 26 nitrogen and oxygen atoms in total. The van der Waals surface area contributed by atoms with Gasteiger partial charge in [0.15, 0.2) is 16.6 Å². The zero-order chi connectivity index (χ0) is 76.7. The van der Waals surface area contributed by atoms with Crippen LogP contribution >= 0.6 is 0 Å². The molecule has 1 aromatic carbocycles. The Labute approximate surface area is 624 Å². The number of aliphatic hydroxyl groups is 3. The summed E-state index contributed by atoms with van der Waals surface area (Å²) in [5.41, 5.74) is 11.8. The Kier molecular flexibility index (Phi) is 46.2. The highest BCUT2D eigenvalue weighted by Crippen LogP contribution is 2.39. The average Bonchev–Trinajstić information content (AvgIpc) is 0.759. The number of carbonyl (C=O) groups excluding carboxylic acids is 4. The molecule has 9 N–H and O–H groups in total. The number of hydrogen-bond donors (Lipinski definition) is 7. The number of ether oxygens (including phenoxy) is 9. The minimum Gasteiger partial charge on any atom is -0.466 e. The van der Waals surface area contributed by atoms with Crippen LogP contribution in [0.25, 0.3) is 0 Å². The van der Waals surface area contributed by atoms with Gasteiger partial charge in [0, 0.05) is 81.5 Å². The van der Waals surface area contributed by atoms with Gasteiger partial charge in [-0.2, -0.15) is 0 Å². The van der Waals surface area contributed by atoms with Gasteiger partial charge in [0.1, 0.15) is 12.1 Å². The predicted molar refractivity (Wildman–Crippen MR) is 413 cm³/mol. The van der Waals surface area contributed by atoms with E-state index >= 15 is 0 Å². The molecular weight excluding hydrogens is 1410 g/mol. The van der Waals surface area contributed by atoms with Gasteiger partial charge in [-0.25, -0.2) is 0 Å². The topological polar surface area (TPSA) is 332 Å². The molecule has 0 heterocycles. The molecule has 0 amide bonds. The largest absolute Gasteiger partial charge is 0.507 e. The lowest BCUT2D eigenvalue weighted by molar-refractivity contribution is -0.158. The summed E-state index contributed by atoms with van der Waals surface area (Å²) in [6, 6.07) is 10.5. The van der Waals surface area contributed by atoms with Crippen molar-refractivity contribution in [2.24, 2.45) is 23.3 Å². The number of methoxy groups -OCH3 is 1. The van der Waals surface area contributed by atoms with Crippen LogP contribution in [0, 0.1) is 11.8 Å². The van der Waals surface area contributed by atoms with Crippen molar-refractivity contribution in [3.8, 4) is 0 Å². The minimum atomic E-state index is -4.05. The first-order chi connectivity index (χ1) is 48.8. The molecule has 0 radical (unpaired) electrons. The molecule has 600 valence electrons. The molecular formula is C72H142N6O20Si5. The molecule has 0 spiro atoms. The Bertz CT molecular complexity index is 2460. The Morgan fingerprint density at radius 3 is 1.56 bits per heavy atom. The quantitative estimate of drug-likeness (QED) is 0.0151. The van der Waals surface area contributed by atoms with Crippen molar-refractivity contribution in [2.75, 3.05) is 126 Å². The summed E-state index contributed by atoms with van der Waals surface area (Å²) in [6.07, 6.45) is 7.90.